The Morgan fingerprint density at radius 3 is 2.36 bits per heavy atom. The van der Waals surface area contributed by atoms with Crippen LogP contribution in [0.15, 0.2) is 65.7 Å². The highest BCUT2D eigenvalue weighted by molar-refractivity contribution is 5.89. The zero-order chi connectivity index (χ0) is 32.4. The number of amides is 2. The Hall–Kier alpha value is -4.51. The molecule has 0 aliphatic carbocycles. The van der Waals surface area contributed by atoms with E-state index in [1.807, 2.05) is 87.2 Å². The molecule has 0 bridgehead atoms. The highest BCUT2D eigenvalue weighted by atomic mass is 16.6. The van der Waals surface area contributed by atoms with E-state index in [0.717, 1.165) is 16.7 Å². The monoisotopic (exact) mass is 614 g/mol. The average Bonchev–Trinajstić information content (AvgIpc) is 3.34. The fraction of sp³-hybridized carbons (Fsp3) is 0.441. The van der Waals surface area contributed by atoms with E-state index in [0.29, 0.717) is 50.1 Å². The van der Waals surface area contributed by atoms with Gasteiger partial charge >= 0.3 is 6.09 Å². The van der Waals surface area contributed by atoms with Gasteiger partial charge in [-0.3, -0.25) is 18.8 Å². The molecule has 1 aliphatic heterocycles. The molecule has 3 heterocycles. The van der Waals surface area contributed by atoms with Gasteiger partial charge in [-0.15, -0.1) is 0 Å². The first-order valence-corrected chi connectivity index (χ1v) is 15.4. The molecule has 4 aromatic rings. The molecular formula is C34H42N6O5. The van der Waals surface area contributed by atoms with Crippen LogP contribution in [-0.2, 0) is 29.7 Å². The summed E-state index contributed by atoms with van der Waals surface area (Å²) in [6.45, 7) is 8.73. The van der Waals surface area contributed by atoms with Gasteiger partial charge in [0.25, 0.3) is 5.56 Å². The van der Waals surface area contributed by atoms with Crippen molar-refractivity contribution in [1.82, 2.24) is 29.5 Å². The first-order valence-electron chi connectivity index (χ1n) is 15.4. The molecule has 1 fully saturated rings. The summed E-state index contributed by atoms with van der Waals surface area (Å²) in [7, 11) is 1.76. The Bertz CT molecular complexity index is 1710. The number of aromatic nitrogens is 4. The van der Waals surface area contributed by atoms with Gasteiger partial charge in [0.2, 0.25) is 5.91 Å². The molecule has 2 aromatic heterocycles. The second kappa shape index (κ2) is 12.8. The van der Waals surface area contributed by atoms with E-state index in [9.17, 15) is 19.5 Å². The second-order valence-corrected chi connectivity index (χ2v) is 13.0. The molecule has 0 unspecified atom stereocenters. The molecule has 1 atom stereocenters. The molecule has 2 N–H and O–H groups in total. The van der Waals surface area contributed by atoms with Crippen molar-refractivity contribution in [2.75, 3.05) is 13.1 Å². The van der Waals surface area contributed by atoms with Crippen LogP contribution >= 0.6 is 0 Å². The third-order valence-electron chi connectivity index (χ3n) is 8.24. The number of carbonyl (C=O) groups excluding carboxylic acids is 2. The zero-order valence-corrected chi connectivity index (χ0v) is 26.6. The number of carbonyl (C=O) groups is 2. The van der Waals surface area contributed by atoms with Crippen LogP contribution in [0.25, 0.3) is 22.3 Å². The van der Waals surface area contributed by atoms with Gasteiger partial charge in [0.1, 0.15) is 11.1 Å². The van der Waals surface area contributed by atoms with Crippen LogP contribution in [0.4, 0.5) is 4.79 Å². The maximum atomic E-state index is 13.5. The Morgan fingerprint density at radius 1 is 1.04 bits per heavy atom. The van der Waals surface area contributed by atoms with Crippen molar-refractivity contribution in [3.63, 3.8) is 0 Å². The minimum atomic E-state index is -1.14. The highest BCUT2D eigenvalue weighted by Gasteiger charge is 2.35. The lowest BCUT2D eigenvalue weighted by Gasteiger charge is -2.38. The van der Waals surface area contributed by atoms with E-state index in [1.54, 1.807) is 11.7 Å². The van der Waals surface area contributed by atoms with E-state index in [1.165, 1.54) is 10.9 Å². The third kappa shape index (κ3) is 7.59. The van der Waals surface area contributed by atoms with Crippen molar-refractivity contribution in [3.05, 3.63) is 82.4 Å². The predicted molar refractivity (Wildman–Crippen MR) is 172 cm³/mol. The number of hydrogen-bond acceptors (Lipinski definition) is 7. The van der Waals surface area contributed by atoms with Gasteiger partial charge in [0, 0.05) is 38.7 Å². The number of hydrogen-bond donors (Lipinski definition) is 2. The van der Waals surface area contributed by atoms with E-state index >= 15 is 0 Å². The number of piperidine rings is 1. The number of likely N-dealkylation sites (tertiary alicyclic amines) is 1. The summed E-state index contributed by atoms with van der Waals surface area (Å²) in [5.41, 5.74) is 2.18. The molecule has 238 valence electrons. The van der Waals surface area contributed by atoms with Crippen molar-refractivity contribution < 1.29 is 19.4 Å². The minimum Gasteiger partial charge on any atom is -0.444 e. The zero-order valence-electron chi connectivity index (χ0n) is 26.6. The van der Waals surface area contributed by atoms with E-state index in [4.69, 9.17) is 4.74 Å². The Kier molecular flexibility index (Phi) is 9.11. The molecule has 45 heavy (non-hydrogen) atoms. The number of ether oxygens (including phenoxy) is 1. The van der Waals surface area contributed by atoms with Crippen LogP contribution in [0, 0.1) is 0 Å². The van der Waals surface area contributed by atoms with Crippen molar-refractivity contribution in [2.45, 2.75) is 77.2 Å². The summed E-state index contributed by atoms with van der Waals surface area (Å²) in [5.74, 6) is 0.181. The number of nitrogens with one attached hydrogen (secondary N) is 1. The lowest BCUT2D eigenvalue weighted by atomic mass is 9.90. The molecule has 11 nitrogen and oxygen atoms in total. The van der Waals surface area contributed by atoms with Crippen LogP contribution in [0.5, 0.6) is 0 Å². The summed E-state index contributed by atoms with van der Waals surface area (Å²) < 4.78 is 8.34. The molecule has 5 rings (SSSR count). The summed E-state index contributed by atoms with van der Waals surface area (Å²) >= 11 is 0. The van der Waals surface area contributed by atoms with Gasteiger partial charge in [-0.25, -0.2) is 9.78 Å². The van der Waals surface area contributed by atoms with Crippen LogP contribution in [0.1, 0.15) is 64.0 Å². The smallest absolute Gasteiger partial charge is 0.407 e. The normalized spacial score (nSPS) is 15.6. The number of benzene rings is 2. The average molecular weight is 615 g/mol. The van der Waals surface area contributed by atoms with Crippen LogP contribution in [0.3, 0.4) is 0 Å². The fourth-order valence-corrected chi connectivity index (χ4v) is 5.74. The predicted octanol–water partition coefficient (Wildman–Crippen LogP) is 4.37. The largest absolute Gasteiger partial charge is 0.444 e. The quantitative estimate of drug-likeness (QED) is 0.301. The number of rotatable bonds is 8. The molecule has 1 saturated heterocycles. The number of alkyl carbamates (subject to hydrolysis) is 1. The Morgan fingerprint density at radius 2 is 1.71 bits per heavy atom. The van der Waals surface area contributed by atoms with Crippen molar-refractivity contribution in [3.8, 4) is 11.3 Å². The van der Waals surface area contributed by atoms with Gasteiger partial charge in [-0.05, 0) is 50.7 Å². The second-order valence-electron chi connectivity index (χ2n) is 13.0. The van der Waals surface area contributed by atoms with Crippen molar-refractivity contribution >= 4 is 23.0 Å². The molecule has 11 heteroatoms. The van der Waals surface area contributed by atoms with Gasteiger partial charge in [0.05, 0.1) is 24.2 Å². The Labute approximate surface area is 262 Å². The molecule has 1 aliphatic rings. The lowest BCUT2D eigenvalue weighted by molar-refractivity contribution is -0.136. The number of nitrogens with zero attached hydrogens (tertiary/aromatic N) is 5. The van der Waals surface area contributed by atoms with Gasteiger partial charge in [-0.1, -0.05) is 61.5 Å². The molecule has 0 spiro atoms. The third-order valence-corrected chi connectivity index (χ3v) is 8.24. The topological polar surface area (TPSA) is 132 Å². The summed E-state index contributed by atoms with van der Waals surface area (Å²) in [5, 5.41) is 18.6. The number of aliphatic hydroxyl groups is 1. The SMILES string of the molecule is C[C@H](CC(=O)N1CCC(O)(Cn2cnc3c(-c4ccc(CNC(=O)OC(C)(C)C)cc4)n(C)nc3c2=O)CC1)c1ccccc1. The fourth-order valence-electron chi connectivity index (χ4n) is 5.74. The van der Waals surface area contributed by atoms with Gasteiger partial charge in [0.15, 0.2) is 5.52 Å². The first-order chi connectivity index (χ1) is 21.3. The summed E-state index contributed by atoms with van der Waals surface area (Å²) in [4.78, 5) is 44.8. The van der Waals surface area contributed by atoms with Crippen LogP contribution in [-0.4, -0.2) is 65.6 Å². The molecule has 2 aromatic carbocycles. The van der Waals surface area contributed by atoms with Crippen molar-refractivity contribution in [2.24, 2.45) is 7.05 Å². The minimum absolute atomic E-state index is 0.0713. The first kappa shape index (κ1) is 31.9. The lowest BCUT2D eigenvalue weighted by Crippen LogP contribution is -2.49. The van der Waals surface area contributed by atoms with Crippen LogP contribution in [0.2, 0.25) is 0 Å². The maximum Gasteiger partial charge on any atom is 0.407 e. The molecular weight excluding hydrogens is 572 g/mol. The molecule has 0 saturated carbocycles. The Balaban J connectivity index is 1.23. The van der Waals surface area contributed by atoms with Gasteiger partial charge in [-0.2, -0.15) is 5.10 Å². The molecule has 2 amide bonds. The van der Waals surface area contributed by atoms with E-state index < -0.39 is 17.3 Å². The van der Waals surface area contributed by atoms with Crippen LogP contribution < -0.4 is 10.9 Å². The molecule has 0 radical (unpaired) electrons. The van der Waals surface area contributed by atoms with E-state index in [2.05, 4.69) is 15.4 Å². The number of fused-ring (bicyclic) bond motifs is 1. The summed E-state index contributed by atoms with van der Waals surface area (Å²) in [6, 6.07) is 17.6. The van der Waals surface area contributed by atoms with Crippen molar-refractivity contribution in [1.29, 1.82) is 0 Å². The standard InChI is InChI=1S/C34H42N6O5/c1-23(25-9-7-6-8-10-25)19-27(41)39-17-15-34(44,16-18-39)21-40-22-36-28-29(31(40)42)37-38(5)30(28)26-13-11-24(12-14-26)20-35-32(43)45-33(2,3)4/h6-14,22-23,44H,15-21H2,1-5H3,(H,35,43)/t23-/m1/s1. The van der Waals surface area contributed by atoms with Gasteiger partial charge < -0.3 is 20.1 Å². The number of aryl methyl sites for hydroxylation is 1. The maximum absolute atomic E-state index is 13.5. The highest BCUT2D eigenvalue weighted by Crippen LogP contribution is 2.28. The summed E-state index contributed by atoms with van der Waals surface area (Å²) in [6.07, 6.45) is 2.13. The van der Waals surface area contributed by atoms with E-state index in [-0.39, 0.29) is 29.4 Å².